The standard InChI is InChI=1S/C8H6ClN3S2/c9-5-1-2-6(10)7(3-5)14-8-12-11-4-13-8/h1-4H,10H2. The van der Waals surface area contributed by atoms with Crippen LogP contribution in [0.5, 0.6) is 0 Å². The van der Waals surface area contributed by atoms with Crippen LogP contribution in [0.3, 0.4) is 0 Å². The maximum Gasteiger partial charge on any atom is 0.178 e. The smallest absolute Gasteiger partial charge is 0.178 e. The molecule has 0 atom stereocenters. The monoisotopic (exact) mass is 243 g/mol. The molecule has 0 unspecified atom stereocenters. The molecule has 2 rings (SSSR count). The summed E-state index contributed by atoms with van der Waals surface area (Å²) < 4.78 is 0.860. The minimum Gasteiger partial charge on any atom is -0.398 e. The Morgan fingerprint density at radius 3 is 3.00 bits per heavy atom. The molecular weight excluding hydrogens is 238 g/mol. The molecule has 0 aliphatic carbocycles. The number of aromatic nitrogens is 2. The first kappa shape index (κ1) is 9.76. The van der Waals surface area contributed by atoms with Crippen molar-refractivity contribution in [2.24, 2.45) is 0 Å². The second kappa shape index (κ2) is 4.16. The van der Waals surface area contributed by atoms with Crippen LogP contribution in [-0.4, -0.2) is 10.2 Å². The van der Waals surface area contributed by atoms with Gasteiger partial charge in [0.05, 0.1) is 0 Å². The predicted molar refractivity (Wildman–Crippen MR) is 59.9 cm³/mol. The fourth-order valence-electron chi connectivity index (χ4n) is 0.898. The Labute approximate surface area is 94.3 Å². The molecule has 0 fully saturated rings. The molecule has 3 nitrogen and oxygen atoms in total. The first-order valence-electron chi connectivity index (χ1n) is 3.75. The van der Waals surface area contributed by atoms with Gasteiger partial charge in [0.15, 0.2) is 4.34 Å². The number of halogens is 1. The minimum atomic E-state index is 0.672. The van der Waals surface area contributed by atoms with Crippen molar-refractivity contribution in [2.75, 3.05) is 5.73 Å². The quantitative estimate of drug-likeness (QED) is 0.824. The van der Waals surface area contributed by atoms with Crippen LogP contribution >= 0.6 is 34.7 Å². The van der Waals surface area contributed by atoms with Crippen LogP contribution in [0.1, 0.15) is 0 Å². The Balaban J connectivity index is 2.28. The van der Waals surface area contributed by atoms with Crippen molar-refractivity contribution in [1.82, 2.24) is 10.2 Å². The van der Waals surface area contributed by atoms with Gasteiger partial charge in [-0.15, -0.1) is 10.2 Å². The Bertz CT molecular complexity index is 430. The second-order valence-corrected chi connectivity index (χ2v) is 5.05. The van der Waals surface area contributed by atoms with Gasteiger partial charge >= 0.3 is 0 Å². The van der Waals surface area contributed by atoms with Crippen LogP contribution in [0.4, 0.5) is 5.69 Å². The summed E-state index contributed by atoms with van der Waals surface area (Å²) in [4.78, 5) is 0.911. The van der Waals surface area contributed by atoms with E-state index in [1.807, 2.05) is 6.07 Å². The van der Waals surface area contributed by atoms with Gasteiger partial charge in [0.2, 0.25) is 0 Å². The highest BCUT2D eigenvalue weighted by Crippen LogP contribution is 2.34. The maximum absolute atomic E-state index is 5.86. The summed E-state index contributed by atoms with van der Waals surface area (Å²) in [5.41, 5.74) is 8.17. The number of hydrogen-bond acceptors (Lipinski definition) is 5. The van der Waals surface area contributed by atoms with E-state index in [-0.39, 0.29) is 0 Å². The number of benzene rings is 1. The van der Waals surface area contributed by atoms with Gasteiger partial charge in [0, 0.05) is 15.6 Å². The molecule has 0 aliphatic rings. The molecule has 0 aliphatic heterocycles. The molecule has 1 aromatic carbocycles. The number of nitrogens with two attached hydrogens (primary N) is 1. The Morgan fingerprint density at radius 1 is 1.43 bits per heavy atom. The number of nitrogen functional groups attached to an aromatic ring is 1. The van der Waals surface area contributed by atoms with Gasteiger partial charge < -0.3 is 5.73 Å². The molecule has 2 N–H and O–H groups in total. The van der Waals surface area contributed by atoms with Crippen molar-refractivity contribution < 1.29 is 0 Å². The topological polar surface area (TPSA) is 51.8 Å². The summed E-state index contributed by atoms with van der Waals surface area (Å²) in [6, 6.07) is 5.37. The zero-order valence-corrected chi connectivity index (χ0v) is 9.36. The fourth-order valence-corrected chi connectivity index (χ4v) is 2.65. The highest BCUT2D eigenvalue weighted by atomic mass is 35.5. The summed E-state index contributed by atoms with van der Waals surface area (Å²) in [6.07, 6.45) is 0. The van der Waals surface area contributed by atoms with E-state index in [1.54, 1.807) is 17.6 Å². The minimum absolute atomic E-state index is 0.672. The maximum atomic E-state index is 5.86. The van der Waals surface area contributed by atoms with Gasteiger partial charge in [-0.1, -0.05) is 34.7 Å². The molecule has 0 amide bonds. The zero-order valence-electron chi connectivity index (χ0n) is 6.98. The largest absolute Gasteiger partial charge is 0.398 e. The summed E-state index contributed by atoms with van der Waals surface area (Å²) in [7, 11) is 0. The highest BCUT2D eigenvalue weighted by Gasteiger charge is 2.04. The lowest BCUT2D eigenvalue weighted by atomic mass is 10.3. The van der Waals surface area contributed by atoms with Gasteiger partial charge in [-0.05, 0) is 18.2 Å². The van der Waals surface area contributed by atoms with E-state index in [9.17, 15) is 0 Å². The molecule has 72 valence electrons. The van der Waals surface area contributed by atoms with E-state index in [0.717, 1.165) is 9.24 Å². The summed E-state index contributed by atoms with van der Waals surface area (Å²) in [5.74, 6) is 0. The molecular formula is C8H6ClN3S2. The van der Waals surface area contributed by atoms with E-state index < -0.39 is 0 Å². The Hall–Kier alpha value is -0.780. The summed E-state index contributed by atoms with van der Waals surface area (Å²) >= 11 is 8.80. The molecule has 2 aromatic rings. The Morgan fingerprint density at radius 2 is 2.29 bits per heavy atom. The van der Waals surface area contributed by atoms with Crippen LogP contribution in [0.2, 0.25) is 5.02 Å². The predicted octanol–water partition coefficient (Wildman–Crippen LogP) is 2.92. The van der Waals surface area contributed by atoms with Crippen molar-refractivity contribution in [2.45, 2.75) is 9.24 Å². The lowest BCUT2D eigenvalue weighted by Gasteiger charge is -2.02. The van der Waals surface area contributed by atoms with Crippen molar-refractivity contribution in [1.29, 1.82) is 0 Å². The van der Waals surface area contributed by atoms with Crippen LogP contribution in [-0.2, 0) is 0 Å². The van der Waals surface area contributed by atoms with E-state index in [4.69, 9.17) is 17.3 Å². The summed E-state index contributed by atoms with van der Waals surface area (Å²) in [5, 5.41) is 8.33. The van der Waals surface area contributed by atoms with E-state index >= 15 is 0 Å². The van der Waals surface area contributed by atoms with Crippen LogP contribution in [0.15, 0.2) is 32.9 Å². The van der Waals surface area contributed by atoms with Crippen LogP contribution in [0.25, 0.3) is 0 Å². The molecule has 14 heavy (non-hydrogen) atoms. The van der Waals surface area contributed by atoms with Crippen molar-refractivity contribution in [3.63, 3.8) is 0 Å². The van der Waals surface area contributed by atoms with E-state index in [2.05, 4.69) is 10.2 Å². The fraction of sp³-hybridized carbons (Fsp3) is 0. The zero-order chi connectivity index (χ0) is 9.97. The van der Waals surface area contributed by atoms with Gasteiger partial charge in [0.1, 0.15) is 5.51 Å². The molecule has 0 radical (unpaired) electrons. The van der Waals surface area contributed by atoms with Gasteiger partial charge in [-0.25, -0.2) is 0 Å². The van der Waals surface area contributed by atoms with Crippen molar-refractivity contribution >= 4 is 40.4 Å². The molecule has 6 heteroatoms. The van der Waals surface area contributed by atoms with Crippen molar-refractivity contribution in [3.05, 3.63) is 28.7 Å². The van der Waals surface area contributed by atoms with Gasteiger partial charge in [0.25, 0.3) is 0 Å². The average molecular weight is 244 g/mol. The number of hydrogen-bond donors (Lipinski definition) is 1. The van der Waals surface area contributed by atoms with Gasteiger partial charge in [-0.2, -0.15) is 0 Å². The SMILES string of the molecule is Nc1ccc(Cl)cc1Sc1nncs1. The first-order chi connectivity index (χ1) is 6.75. The van der Waals surface area contributed by atoms with Gasteiger partial charge in [-0.3, -0.25) is 0 Å². The van der Waals surface area contributed by atoms with Crippen LogP contribution in [0, 0.1) is 0 Å². The third-order valence-corrected chi connectivity index (χ3v) is 3.60. The van der Waals surface area contributed by atoms with Crippen molar-refractivity contribution in [3.8, 4) is 0 Å². The molecule has 0 saturated heterocycles. The molecule has 0 saturated carbocycles. The number of nitrogens with zero attached hydrogens (tertiary/aromatic N) is 2. The third-order valence-electron chi connectivity index (χ3n) is 1.51. The number of rotatable bonds is 2. The van der Waals surface area contributed by atoms with Crippen LogP contribution < -0.4 is 5.73 Å². The Kier molecular flexibility index (Phi) is 2.90. The second-order valence-electron chi connectivity index (χ2n) is 2.49. The summed E-state index contributed by atoms with van der Waals surface area (Å²) in [6.45, 7) is 0. The normalized spacial score (nSPS) is 10.4. The molecule has 1 aromatic heterocycles. The molecule has 0 bridgehead atoms. The lowest BCUT2D eigenvalue weighted by molar-refractivity contribution is 1.01. The lowest BCUT2D eigenvalue weighted by Crippen LogP contribution is -1.87. The van der Waals surface area contributed by atoms with E-state index in [1.165, 1.54) is 23.1 Å². The highest BCUT2D eigenvalue weighted by molar-refractivity contribution is 8.01. The third kappa shape index (κ3) is 2.17. The molecule has 1 heterocycles. The molecule has 0 spiro atoms. The number of anilines is 1. The average Bonchev–Trinajstić information content (AvgIpc) is 2.64. The first-order valence-corrected chi connectivity index (χ1v) is 5.82. The van der Waals surface area contributed by atoms with E-state index in [0.29, 0.717) is 10.7 Å².